The molecule has 0 radical (unpaired) electrons. The summed E-state index contributed by atoms with van der Waals surface area (Å²) in [6.07, 6.45) is 0. The van der Waals surface area contributed by atoms with Crippen molar-refractivity contribution >= 4 is 28.5 Å². The number of ether oxygens (including phenoxy) is 1. The molecule has 0 saturated carbocycles. The van der Waals surface area contributed by atoms with E-state index in [0.29, 0.717) is 5.57 Å². The van der Waals surface area contributed by atoms with E-state index in [1.807, 2.05) is 17.5 Å². The van der Waals surface area contributed by atoms with Crippen molar-refractivity contribution in [3.63, 3.8) is 0 Å². The fourth-order valence-corrected chi connectivity index (χ4v) is 2.74. The van der Waals surface area contributed by atoms with Crippen molar-refractivity contribution in [2.24, 2.45) is 0 Å². The molecule has 18 heavy (non-hydrogen) atoms. The second kappa shape index (κ2) is 4.38. The molecule has 1 aromatic carbocycles. The largest absolute Gasteiger partial charge is 0.457 e. The molecule has 0 unspecified atom stereocenters. The first-order valence-electron chi connectivity index (χ1n) is 5.46. The lowest BCUT2D eigenvalue weighted by molar-refractivity contribution is -0.133. The lowest BCUT2D eigenvalue weighted by Gasteiger charge is -2.02. The summed E-state index contributed by atoms with van der Waals surface area (Å²) in [7, 11) is 0. The van der Waals surface area contributed by atoms with Gasteiger partial charge in [-0.1, -0.05) is 18.2 Å². The Bertz CT molecular complexity index is 612. The Kier molecular flexibility index (Phi) is 2.72. The van der Waals surface area contributed by atoms with Crippen molar-refractivity contribution in [3.8, 4) is 0 Å². The molecule has 4 heteroatoms. The van der Waals surface area contributed by atoms with E-state index in [1.165, 1.54) is 23.5 Å². The van der Waals surface area contributed by atoms with Crippen LogP contribution in [0.15, 0.2) is 41.8 Å². The minimum Gasteiger partial charge on any atom is -0.457 e. The van der Waals surface area contributed by atoms with Crippen molar-refractivity contribution in [1.82, 2.24) is 0 Å². The molecule has 2 aromatic rings. The lowest BCUT2D eigenvalue weighted by Crippen LogP contribution is -1.96. The molecule has 0 amide bonds. The summed E-state index contributed by atoms with van der Waals surface area (Å²) in [5.41, 5.74) is 2.24. The van der Waals surface area contributed by atoms with Crippen molar-refractivity contribution < 1.29 is 13.9 Å². The highest BCUT2D eigenvalue weighted by molar-refractivity contribution is 7.11. The van der Waals surface area contributed by atoms with Gasteiger partial charge in [0.15, 0.2) is 0 Å². The minimum absolute atomic E-state index is 0.248. The second-order valence-electron chi connectivity index (χ2n) is 3.91. The summed E-state index contributed by atoms with van der Waals surface area (Å²) in [6.45, 7) is 0.248. The van der Waals surface area contributed by atoms with Crippen molar-refractivity contribution in [2.45, 2.75) is 0 Å². The topological polar surface area (TPSA) is 26.3 Å². The number of cyclic esters (lactones) is 1. The van der Waals surface area contributed by atoms with Crippen LogP contribution in [-0.2, 0) is 9.53 Å². The van der Waals surface area contributed by atoms with E-state index in [-0.39, 0.29) is 18.4 Å². The molecule has 1 aliphatic rings. The summed E-state index contributed by atoms with van der Waals surface area (Å²) in [5.74, 6) is -0.598. The molecular formula is C14H9FO2S. The third-order valence-corrected chi connectivity index (χ3v) is 3.70. The highest BCUT2D eigenvalue weighted by Crippen LogP contribution is 2.34. The zero-order chi connectivity index (χ0) is 12.5. The molecule has 2 heterocycles. The van der Waals surface area contributed by atoms with Gasteiger partial charge in [-0.15, -0.1) is 11.3 Å². The van der Waals surface area contributed by atoms with E-state index >= 15 is 0 Å². The fourth-order valence-electron chi connectivity index (χ4n) is 1.95. The van der Waals surface area contributed by atoms with Gasteiger partial charge in [-0.2, -0.15) is 0 Å². The van der Waals surface area contributed by atoms with Gasteiger partial charge >= 0.3 is 5.97 Å². The van der Waals surface area contributed by atoms with Gasteiger partial charge in [0, 0.05) is 10.5 Å². The fraction of sp³-hybridized carbons (Fsp3) is 0.0714. The van der Waals surface area contributed by atoms with Gasteiger partial charge in [0.25, 0.3) is 0 Å². The average molecular weight is 260 g/mol. The smallest absolute Gasteiger partial charge is 0.340 e. The number of carbonyl (C=O) groups excluding carboxylic acids is 1. The molecule has 3 rings (SSSR count). The third-order valence-electron chi connectivity index (χ3n) is 2.81. The Balaban J connectivity index is 2.13. The first-order chi connectivity index (χ1) is 8.75. The number of thiophene rings is 1. The first kappa shape index (κ1) is 11.2. The van der Waals surface area contributed by atoms with E-state index in [4.69, 9.17) is 4.74 Å². The van der Waals surface area contributed by atoms with Gasteiger partial charge in [0.2, 0.25) is 0 Å². The summed E-state index contributed by atoms with van der Waals surface area (Å²) < 4.78 is 18.0. The van der Waals surface area contributed by atoms with E-state index in [9.17, 15) is 9.18 Å². The van der Waals surface area contributed by atoms with Crippen LogP contribution >= 0.6 is 11.3 Å². The SMILES string of the molecule is O=C1OCC(c2ccc(F)cc2)=C1c1cccs1. The molecule has 0 spiro atoms. The van der Waals surface area contributed by atoms with Crippen LogP contribution in [0.5, 0.6) is 0 Å². The number of benzene rings is 1. The van der Waals surface area contributed by atoms with Gasteiger partial charge in [-0.05, 0) is 29.1 Å². The second-order valence-corrected chi connectivity index (χ2v) is 4.86. The number of hydrogen-bond acceptors (Lipinski definition) is 3. The monoisotopic (exact) mass is 260 g/mol. The molecule has 0 saturated heterocycles. The molecule has 1 aliphatic heterocycles. The minimum atomic E-state index is -0.309. The summed E-state index contributed by atoms with van der Waals surface area (Å²) in [5, 5.41) is 1.91. The number of carbonyl (C=O) groups is 1. The van der Waals surface area contributed by atoms with Gasteiger partial charge in [0.1, 0.15) is 12.4 Å². The highest BCUT2D eigenvalue weighted by atomic mass is 32.1. The van der Waals surface area contributed by atoms with Crippen LogP contribution in [0.3, 0.4) is 0 Å². The van der Waals surface area contributed by atoms with Crippen molar-refractivity contribution in [1.29, 1.82) is 0 Å². The number of rotatable bonds is 2. The van der Waals surface area contributed by atoms with Crippen LogP contribution in [0.1, 0.15) is 10.4 Å². The van der Waals surface area contributed by atoms with E-state index in [2.05, 4.69) is 0 Å². The summed E-state index contributed by atoms with van der Waals surface area (Å²) in [6, 6.07) is 9.88. The average Bonchev–Trinajstić information content (AvgIpc) is 2.99. The molecule has 90 valence electrons. The predicted molar refractivity (Wildman–Crippen MR) is 68.5 cm³/mol. The summed E-state index contributed by atoms with van der Waals surface area (Å²) >= 11 is 1.49. The number of esters is 1. The summed E-state index contributed by atoms with van der Waals surface area (Å²) in [4.78, 5) is 12.7. The molecule has 0 aliphatic carbocycles. The highest BCUT2D eigenvalue weighted by Gasteiger charge is 2.27. The number of halogens is 1. The molecule has 1 aromatic heterocycles. The number of hydrogen-bond donors (Lipinski definition) is 0. The quantitative estimate of drug-likeness (QED) is 0.774. The van der Waals surface area contributed by atoms with E-state index in [1.54, 1.807) is 12.1 Å². The Labute approximate surface area is 107 Å². The first-order valence-corrected chi connectivity index (χ1v) is 6.34. The molecule has 0 atom stereocenters. The van der Waals surface area contributed by atoms with Crippen LogP contribution in [0.4, 0.5) is 4.39 Å². The maximum Gasteiger partial charge on any atom is 0.340 e. The predicted octanol–water partition coefficient (Wildman–Crippen LogP) is 3.35. The van der Waals surface area contributed by atoms with Crippen molar-refractivity contribution in [2.75, 3.05) is 6.61 Å². The van der Waals surface area contributed by atoms with Gasteiger partial charge in [-0.3, -0.25) is 0 Å². The third kappa shape index (κ3) is 1.84. The maximum atomic E-state index is 12.9. The van der Waals surface area contributed by atoms with Gasteiger partial charge < -0.3 is 4.74 Å². The van der Waals surface area contributed by atoms with Crippen LogP contribution in [0.2, 0.25) is 0 Å². The zero-order valence-corrected chi connectivity index (χ0v) is 10.2. The zero-order valence-electron chi connectivity index (χ0n) is 9.35. The van der Waals surface area contributed by atoms with Crippen LogP contribution in [0, 0.1) is 5.82 Å². The molecule has 0 N–H and O–H groups in total. The Morgan fingerprint density at radius 2 is 1.94 bits per heavy atom. The van der Waals surface area contributed by atoms with Crippen LogP contribution in [-0.4, -0.2) is 12.6 Å². The Morgan fingerprint density at radius 1 is 1.17 bits per heavy atom. The standard InChI is InChI=1S/C14H9FO2S/c15-10-5-3-9(4-6-10)11-8-17-14(16)13(11)12-2-1-7-18-12/h1-7H,8H2. The lowest BCUT2D eigenvalue weighted by atomic mass is 10.0. The van der Waals surface area contributed by atoms with E-state index < -0.39 is 0 Å². The van der Waals surface area contributed by atoms with Crippen molar-refractivity contribution in [3.05, 3.63) is 58.0 Å². The van der Waals surface area contributed by atoms with Crippen LogP contribution < -0.4 is 0 Å². The Morgan fingerprint density at radius 3 is 2.61 bits per heavy atom. The van der Waals surface area contributed by atoms with Gasteiger partial charge in [0.05, 0.1) is 5.57 Å². The maximum absolute atomic E-state index is 12.9. The molecule has 0 bridgehead atoms. The van der Waals surface area contributed by atoms with E-state index in [0.717, 1.165) is 16.0 Å². The normalized spacial score (nSPS) is 15.1. The molecular weight excluding hydrogens is 251 g/mol. The Hall–Kier alpha value is -1.94. The molecule has 0 fully saturated rings. The van der Waals surface area contributed by atoms with Gasteiger partial charge in [-0.25, -0.2) is 9.18 Å². The van der Waals surface area contributed by atoms with Crippen LogP contribution in [0.25, 0.3) is 11.1 Å². The molecule has 2 nitrogen and oxygen atoms in total.